The van der Waals surface area contributed by atoms with Gasteiger partial charge >= 0.3 is 0 Å². The minimum Gasteiger partial charge on any atom is -0.497 e. The van der Waals surface area contributed by atoms with Crippen molar-refractivity contribution in [3.63, 3.8) is 0 Å². The van der Waals surface area contributed by atoms with Gasteiger partial charge in [0.15, 0.2) is 0 Å². The molecule has 28 heavy (non-hydrogen) atoms. The largest absolute Gasteiger partial charge is 0.497 e. The molecule has 1 amide bonds. The SMILES string of the molecule is COc1cccc(NC(=O)C(NCc2ccc(C)c(F)c2)c2ccccc2)c1. The normalized spacial score (nSPS) is 11.7. The summed E-state index contributed by atoms with van der Waals surface area (Å²) in [7, 11) is 1.58. The van der Waals surface area contributed by atoms with Gasteiger partial charge in [-0.05, 0) is 41.8 Å². The number of hydrogen-bond donors (Lipinski definition) is 2. The minimum absolute atomic E-state index is 0.202. The first kappa shape index (κ1) is 19.6. The lowest BCUT2D eigenvalue weighted by Crippen LogP contribution is -2.32. The van der Waals surface area contributed by atoms with E-state index in [9.17, 15) is 9.18 Å². The van der Waals surface area contributed by atoms with E-state index in [4.69, 9.17) is 4.74 Å². The highest BCUT2D eigenvalue weighted by molar-refractivity contribution is 5.95. The summed E-state index contributed by atoms with van der Waals surface area (Å²) in [6.07, 6.45) is 0. The van der Waals surface area contributed by atoms with Crippen molar-refractivity contribution in [1.82, 2.24) is 5.32 Å². The van der Waals surface area contributed by atoms with Crippen LogP contribution in [0.4, 0.5) is 10.1 Å². The second-order valence-corrected chi connectivity index (χ2v) is 6.53. The van der Waals surface area contributed by atoms with Crippen LogP contribution in [0, 0.1) is 12.7 Å². The monoisotopic (exact) mass is 378 g/mol. The second-order valence-electron chi connectivity index (χ2n) is 6.53. The van der Waals surface area contributed by atoms with Crippen molar-refractivity contribution in [1.29, 1.82) is 0 Å². The van der Waals surface area contributed by atoms with Crippen molar-refractivity contribution in [2.45, 2.75) is 19.5 Å². The first-order chi connectivity index (χ1) is 13.6. The Labute approximate surface area is 164 Å². The minimum atomic E-state index is -0.586. The number of benzene rings is 3. The fourth-order valence-electron chi connectivity index (χ4n) is 2.89. The van der Waals surface area contributed by atoms with Crippen molar-refractivity contribution in [2.24, 2.45) is 0 Å². The molecule has 0 aromatic heterocycles. The quantitative estimate of drug-likeness (QED) is 0.631. The maximum atomic E-state index is 13.8. The van der Waals surface area contributed by atoms with Gasteiger partial charge in [0.2, 0.25) is 5.91 Å². The van der Waals surface area contributed by atoms with Gasteiger partial charge in [-0.2, -0.15) is 0 Å². The van der Waals surface area contributed by atoms with Crippen LogP contribution in [0.5, 0.6) is 5.75 Å². The molecule has 0 aliphatic rings. The van der Waals surface area contributed by atoms with Crippen LogP contribution in [0.15, 0.2) is 72.8 Å². The number of methoxy groups -OCH3 is 1. The number of nitrogens with one attached hydrogen (secondary N) is 2. The third kappa shape index (κ3) is 4.96. The van der Waals surface area contributed by atoms with E-state index >= 15 is 0 Å². The number of rotatable bonds is 7. The van der Waals surface area contributed by atoms with Gasteiger partial charge in [0.1, 0.15) is 17.6 Å². The van der Waals surface area contributed by atoms with Gasteiger partial charge in [0.25, 0.3) is 0 Å². The lowest BCUT2D eigenvalue weighted by atomic mass is 10.0. The van der Waals surface area contributed by atoms with Crippen LogP contribution in [0.1, 0.15) is 22.7 Å². The van der Waals surface area contributed by atoms with Crippen LogP contribution in [-0.4, -0.2) is 13.0 Å². The molecule has 0 aliphatic carbocycles. The van der Waals surface area contributed by atoms with E-state index in [1.165, 1.54) is 6.07 Å². The van der Waals surface area contributed by atoms with Gasteiger partial charge in [0.05, 0.1) is 7.11 Å². The zero-order valence-electron chi connectivity index (χ0n) is 15.9. The van der Waals surface area contributed by atoms with E-state index < -0.39 is 6.04 Å². The molecule has 1 atom stereocenters. The van der Waals surface area contributed by atoms with E-state index in [0.29, 0.717) is 23.5 Å². The summed E-state index contributed by atoms with van der Waals surface area (Å²) in [5.74, 6) is 0.209. The van der Waals surface area contributed by atoms with Gasteiger partial charge in [-0.1, -0.05) is 48.5 Å². The number of halogens is 1. The molecule has 3 rings (SSSR count). The summed E-state index contributed by atoms with van der Waals surface area (Å²) in [4.78, 5) is 13.0. The molecule has 2 N–H and O–H groups in total. The molecule has 0 spiro atoms. The van der Waals surface area contributed by atoms with Crippen LogP contribution in [0.2, 0.25) is 0 Å². The summed E-state index contributed by atoms with van der Waals surface area (Å²) in [6.45, 7) is 2.09. The van der Waals surface area contributed by atoms with E-state index in [0.717, 1.165) is 11.1 Å². The molecule has 144 valence electrons. The van der Waals surface area contributed by atoms with Crippen molar-refractivity contribution in [3.05, 3.63) is 95.3 Å². The Bertz CT molecular complexity index is 944. The van der Waals surface area contributed by atoms with E-state index in [1.54, 1.807) is 32.2 Å². The van der Waals surface area contributed by atoms with Crippen LogP contribution < -0.4 is 15.4 Å². The fraction of sp³-hybridized carbons (Fsp3) is 0.174. The number of hydrogen-bond acceptors (Lipinski definition) is 3. The molecule has 3 aromatic rings. The summed E-state index contributed by atoms with van der Waals surface area (Å²) < 4.78 is 19.0. The number of amides is 1. The summed E-state index contributed by atoms with van der Waals surface area (Å²) in [5, 5.41) is 6.15. The summed E-state index contributed by atoms with van der Waals surface area (Å²) >= 11 is 0. The van der Waals surface area contributed by atoms with Crippen LogP contribution in [0.25, 0.3) is 0 Å². The van der Waals surface area contributed by atoms with Crippen molar-refractivity contribution in [2.75, 3.05) is 12.4 Å². The molecule has 0 fully saturated rings. The smallest absolute Gasteiger partial charge is 0.246 e. The number of anilines is 1. The maximum Gasteiger partial charge on any atom is 0.246 e. The van der Waals surface area contributed by atoms with E-state index in [1.807, 2.05) is 48.5 Å². The molecule has 4 nitrogen and oxygen atoms in total. The Morgan fingerprint density at radius 2 is 1.82 bits per heavy atom. The lowest BCUT2D eigenvalue weighted by molar-refractivity contribution is -0.118. The van der Waals surface area contributed by atoms with Crippen molar-refractivity contribution in [3.8, 4) is 5.75 Å². The fourth-order valence-corrected chi connectivity index (χ4v) is 2.89. The molecule has 3 aromatic carbocycles. The van der Waals surface area contributed by atoms with Crippen LogP contribution >= 0.6 is 0 Å². The Hall–Kier alpha value is -3.18. The number of carbonyl (C=O) groups excluding carboxylic acids is 1. The predicted molar refractivity (Wildman–Crippen MR) is 109 cm³/mol. The Balaban J connectivity index is 1.78. The highest BCUT2D eigenvalue weighted by Gasteiger charge is 2.20. The molecule has 0 heterocycles. The standard InChI is InChI=1S/C23H23FN2O2/c1-16-11-12-17(13-21(16)24)15-25-22(18-7-4-3-5-8-18)23(27)26-19-9-6-10-20(14-19)28-2/h3-14,22,25H,15H2,1-2H3,(H,26,27). The molecule has 1 unspecified atom stereocenters. The summed E-state index contributed by atoms with van der Waals surface area (Å²) in [6, 6.07) is 21.1. The van der Waals surface area contributed by atoms with Gasteiger partial charge in [-0.25, -0.2) is 4.39 Å². The maximum absolute atomic E-state index is 13.8. The lowest BCUT2D eigenvalue weighted by Gasteiger charge is -2.19. The Morgan fingerprint density at radius 3 is 2.54 bits per heavy atom. The van der Waals surface area contributed by atoms with Crippen LogP contribution in [-0.2, 0) is 11.3 Å². The zero-order chi connectivity index (χ0) is 19.9. The second kappa shape index (κ2) is 9.15. The molecule has 5 heteroatoms. The number of aryl methyl sites for hydroxylation is 1. The van der Waals surface area contributed by atoms with Gasteiger partial charge in [0, 0.05) is 18.3 Å². The predicted octanol–water partition coefficient (Wildman–Crippen LogP) is 4.61. The highest BCUT2D eigenvalue weighted by Crippen LogP contribution is 2.20. The van der Waals surface area contributed by atoms with Crippen molar-refractivity contribution < 1.29 is 13.9 Å². The van der Waals surface area contributed by atoms with Gasteiger partial charge in [-0.3, -0.25) is 10.1 Å². The van der Waals surface area contributed by atoms with Crippen LogP contribution in [0.3, 0.4) is 0 Å². The first-order valence-electron chi connectivity index (χ1n) is 9.05. The Kier molecular flexibility index (Phi) is 6.40. The average molecular weight is 378 g/mol. The highest BCUT2D eigenvalue weighted by atomic mass is 19.1. The third-order valence-corrected chi connectivity index (χ3v) is 4.48. The molecule has 0 bridgehead atoms. The van der Waals surface area contributed by atoms with Gasteiger partial charge in [-0.15, -0.1) is 0 Å². The third-order valence-electron chi connectivity index (χ3n) is 4.48. The van der Waals surface area contributed by atoms with E-state index in [-0.39, 0.29) is 11.7 Å². The zero-order valence-corrected chi connectivity index (χ0v) is 15.9. The van der Waals surface area contributed by atoms with Crippen molar-refractivity contribution >= 4 is 11.6 Å². The molecule has 0 radical (unpaired) electrons. The van der Waals surface area contributed by atoms with E-state index in [2.05, 4.69) is 10.6 Å². The Morgan fingerprint density at radius 1 is 1.04 bits per heavy atom. The number of carbonyl (C=O) groups is 1. The average Bonchev–Trinajstić information content (AvgIpc) is 2.71. The molecule has 0 saturated heterocycles. The summed E-state index contributed by atoms with van der Waals surface area (Å²) in [5.41, 5.74) is 2.85. The topological polar surface area (TPSA) is 50.4 Å². The molecular formula is C23H23FN2O2. The molecular weight excluding hydrogens is 355 g/mol. The first-order valence-corrected chi connectivity index (χ1v) is 9.05. The molecule has 0 saturated carbocycles. The van der Waals surface area contributed by atoms with Gasteiger partial charge < -0.3 is 10.1 Å². The molecule has 0 aliphatic heterocycles. The number of ether oxygens (including phenoxy) is 1.